The zero-order valence-corrected chi connectivity index (χ0v) is 10.5. The Morgan fingerprint density at radius 2 is 1.73 bits per heavy atom. The van der Waals surface area contributed by atoms with Gasteiger partial charge in [-0.2, -0.15) is 0 Å². The Kier molecular flexibility index (Phi) is 8.33. The third kappa shape index (κ3) is 5.14. The first-order chi connectivity index (χ1) is 7.21. The minimum Gasteiger partial charge on any atom is -0.272 e. The summed E-state index contributed by atoms with van der Waals surface area (Å²) in [7, 11) is 3.49. The molecule has 4 nitrogen and oxygen atoms in total. The van der Waals surface area contributed by atoms with Crippen LogP contribution < -0.4 is 10.9 Å². The van der Waals surface area contributed by atoms with Crippen LogP contribution in [0.2, 0.25) is 0 Å². The van der Waals surface area contributed by atoms with Gasteiger partial charge >= 0.3 is 0 Å². The molecule has 0 heterocycles. The summed E-state index contributed by atoms with van der Waals surface area (Å²) < 4.78 is 0. The quantitative estimate of drug-likeness (QED) is 0.606. The molecule has 1 unspecified atom stereocenters. The summed E-state index contributed by atoms with van der Waals surface area (Å²) in [5.41, 5.74) is 5.68. The van der Waals surface area contributed by atoms with Crippen molar-refractivity contribution in [3.8, 4) is 0 Å². The zero-order valence-electron chi connectivity index (χ0n) is 10.5. The highest BCUT2D eigenvalue weighted by molar-refractivity contribution is 5.77. The molecule has 0 bridgehead atoms. The number of nitrogens with one attached hydrogen (secondary N) is 2. The first-order valence-corrected chi connectivity index (χ1v) is 5.89. The number of hydrogen-bond acceptors (Lipinski definition) is 3. The second kappa shape index (κ2) is 8.68. The highest BCUT2D eigenvalue weighted by atomic mass is 16.2. The summed E-state index contributed by atoms with van der Waals surface area (Å²) in [4.78, 5) is 12.0. The Morgan fingerprint density at radius 1 is 1.13 bits per heavy atom. The van der Waals surface area contributed by atoms with Crippen molar-refractivity contribution in [2.24, 2.45) is 5.92 Å². The van der Waals surface area contributed by atoms with Crippen molar-refractivity contribution in [2.75, 3.05) is 14.1 Å². The molecule has 15 heavy (non-hydrogen) atoms. The molecular formula is C11H25N3O. The van der Waals surface area contributed by atoms with E-state index in [-0.39, 0.29) is 11.8 Å². The van der Waals surface area contributed by atoms with E-state index >= 15 is 0 Å². The van der Waals surface area contributed by atoms with E-state index in [1.165, 1.54) is 5.12 Å². The van der Waals surface area contributed by atoms with Gasteiger partial charge in [0.05, 0.1) is 0 Å². The summed E-state index contributed by atoms with van der Waals surface area (Å²) >= 11 is 0. The molecule has 0 aliphatic heterocycles. The van der Waals surface area contributed by atoms with Gasteiger partial charge in [-0.3, -0.25) is 4.79 Å². The number of carbonyl (C=O) groups excluding carboxylic acids is 1. The first-order valence-electron chi connectivity index (χ1n) is 5.89. The molecule has 0 saturated heterocycles. The lowest BCUT2D eigenvalue weighted by Crippen LogP contribution is -2.51. The van der Waals surface area contributed by atoms with Gasteiger partial charge in [0, 0.05) is 20.0 Å². The molecule has 1 atom stereocenters. The lowest BCUT2D eigenvalue weighted by atomic mass is 9.96. The first kappa shape index (κ1) is 14.4. The van der Waals surface area contributed by atoms with Crippen LogP contribution in [0.4, 0.5) is 0 Å². The molecule has 4 heteroatoms. The number of unbranched alkanes of at least 4 members (excludes halogenated alkanes) is 1. The van der Waals surface area contributed by atoms with Gasteiger partial charge in [0.15, 0.2) is 0 Å². The van der Waals surface area contributed by atoms with Gasteiger partial charge < -0.3 is 0 Å². The van der Waals surface area contributed by atoms with Crippen LogP contribution in [0.15, 0.2) is 0 Å². The van der Waals surface area contributed by atoms with E-state index in [4.69, 9.17) is 0 Å². The highest BCUT2D eigenvalue weighted by Crippen LogP contribution is 2.16. The van der Waals surface area contributed by atoms with Crippen molar-refractivity contribution >= 4 is 5.91 Å². The summed E-state index contributed by atoms with van der Waals surface area (Å²) in [5.74, 6) is 0.296. The standard InChI is InChI=1S/C11H25N3O/c1-5-7-9-10(8-6-2)11(15)14(12-3)13-4/h10,12-13H,5-9H2,1-4H3. The average Bonchev–Trinajstić information content (AvgIpc) is 2.25. The minimum absolute atomic E-state index is 0.148. The number of hydrazine groups is 2. The van der Waals surface area contributed by atoms with Crippen LogP contribution in [0.1, 0.15) is 46.0 Å². The molecule has 0 radical (unpaired) electrons. The molecule has 0 aliphatic rings. The van der Waals surface area contributed by atoms with E-state index < -0.39 is 0 Å². The molecular weight excluding hydrogens is 190 g/mol. The number of rotatable bonds is 8. The summed E-state index contributed by atoms with van der Waals surface area (Å²) in [5, 5.41) is 1.47. The third-order valence-corrected chi connectivity index (χ3v) is 2.56. The van der Waals surface area contributed by atoms with Crippen LogP contribution in [-0.4, -0.2) is 25.1 Å². The lowest BCUT2D eigenvalue weighted by molar-refractivity contribution is -0.142. The van der Waals surface area contributed by atoms with Crippen molar-refractivity contribution < 1.29 is 4.79 Å². The second-order valence-electron chi connectivity index (χ2n) is 3.75. The van der Waals surface area contributed by atoms with Crippen molar-refractivity contribution in [3.63, 3.8) is 0 Å². The van der Waals surface area contributed by atoms with Crippen LogP contribution in [0.5, 0.6) is 0 Å². The maximum absolute atomic E-state index is 12.0. The van der Waals surface area contributed by atoms with Crippen LogP contribution in [0, 0.1) is 5.92 Å². The van der Waals surface area contributed by atoms with Gasteiger partial charge in [0.2, 0.25) is 0 Å². The van der Waals surface area contributed by atoms with Crippen LogP contribution >= 0.6 is 0 Å². The van der Waals surface area contributed by atoms with Crippen molar-refractivity contribution in [1.82, 2.24) is 16.0 Å². The van der Waals surface area contributed by atoms with Crippen LogP contribution in [0.3, 0.4) is 0 Å². The Balaban J connectivity index is 4.24. The Bertz CT molecular complexity index is 169. The van der Waals surface area contributed by atoms with Crippen molar-refractivity contribution in [2.45, 2.75) is 46.0 Å². The molecule has 1 amide bonds. The molecule has 0 aromatic carbocycles. The van der Waals surface area contributed by atoms with Crippen LogP contribution in [0.25, 0.3) is 0 Å². The average molecular weight is 215 g/mol. The lowest BCUT2D eigenvalue weighted by Gasteiger charge is -2.25. The number of amides is 1. The number of nitrogens with zero attached hydrogens (tertiary/aromatic N) is 1. The summed E-state index contributed by atoms with van der Waals surface area (Å²) in [6, 6.07) is 0. The molecule has 0 saturated carbocycles. The fourth-order valence-electron chi connectivity index (χ4n) is 1.71. The van der Waals surface area contributed by atoms with E-state index in [0.717, 1.165) is 32.1 Å². The predicted molar refractivity (Wildman–Crippen MR) is 62.9 cm³/mol. The van der Waals surface area contributed by atoms with Crippen molar-refractivity contribution in [3.05, 3.63) is 0 Å². The maximum Gasteiger partial charge on any atom is 0.254 e. The largest absolute Gasteiger partial charge is 0.272 e. The molecule has 0 aromatic rings. The zero-order chi connectivity index (χ0) is 11.7. The SMILES string of the molecule is CCCCC(CCC)C(=O)N(NC)NC. The van der Waals surface area contributed by atoms with E-state index in [1.54, 1.807) is 14.1 Å². The molecule has 0 aromatic heterocycles. The highest BCUT2D eigenvalue weighted by Gasteiger charge is 2.21. The van der Waals surface area contributed by atoms with Crippen LogP contribution in [-0.2, 0) is 4.79 Å². The van der Waals surface area contributed by atoms with E-state index in [0.29, 0.717) is 0 Å². The molecule has 90 valence electrons. The normalized spacial score (nSPS) is 12.5. The Labute approximate surface area is 93.4 Å². The maximum atomic E-state index is 12.0. The Hall–Kier alpha value is -0.610. The molecule has 0 fully saturated rings. The summed E-state index contributed by atoms with van der Waals surface area (Å²) in [6.45, 7) is 4.27. The monoisotopic (exact) mass is 215 g/mol. The fraction of sp³-hybridized carbons (Fsp3) is 0.909. The van der Waals surface area contributed by atoms with Crippen molar-refractivity contribution in [1.29, 1.82) is 0 Å². The van der Waals surface area contributed by atoms with Gasteiger partial charge in [0.1, 0.15) is 0 Å². The third-order valence-electron chi connectivity index (χ3n) is 2.56. The molecule has 0 aliphatic carbocycles. The predicted octanol–water partition coefficient (Wildman–Crippen LogP) is 1.69. The van der Waals surface area contributed by atoms with Gasteiger partial charge in [-0.1, -0.05) is 33.1 Å². The minimum atomic E-state index is 0.148. The van der Waals surface area contributed by atoms with E-state index in [2.05, 4.69) is 24.7 Å². The van der Waals surface area contributed by atoms with E-state index in [9.17, 15) is 4.79 Å². The van der Waals surface area contributed by atoms with Gasteiger partial charge in [0.25, 0.3) is 5.91 Å². The van der Waals surface area contributed by atoms with Gasteiger partial charge in [-0.15, -0.1) is 0 Å². The topological polar surface area (TPSA) is 44.4 Å². The second-order valence-corrected chi connectivity index (χ2v) is 3.75. The smallest absolute Gasteiger partial charge is 0.254 e. The Morgan fingerprint density at radius 3 is 2.13 bits per heavy atom. The fourth-order valence-corrected chi connectivity index (χ4v) is 1.71. The summed E-state index contributed by atoms with van der Waals surface area (Å²) in [6.07, 6.45) is 5.29. The van der Waals surface area contributed by atoms with Gasteiger partial charge in [-0.25, -0.2) is 16.0 Å². The number of hydrogen-bond donors (Lipinski definition) is 2. The molecule has 0 rings (SSSR count). The van der Waals surface area contributed by atoms with E-state index in [1.807, 2.05) is 0 Å². The van der Waals surface area contributed by atoms with Gasteiger partial charge in [-0.05, 0) is 12.8 Å². The molecule has 0 spiro atoms. The number of carbonyl (C=O) groups is 1. The molecule has 2 N–H and O–H groups in total.